The van der Waals surface area contributed by atoms with Gasteiger partial charge in [0.2, 0.25) is 11.0 Å². The molecule has 0 bridgehead atoms. The van der Waals surface area contributed by atoms with E-state index in [1.165, 1.54) is 24.4 Å². The third-order valence-corrected chi connectivity index (χ3v) is 5.59. The Labute approximate surface area is 142 Å². The lowest BCUT2D eigenvalue weighted by Gasteiger charge is -2.36. The topological polar surface area (TPSA) is 61.4 Å². The van der Waals surface area contributed by atoms with Crippen LogP contribution in [0.15, 0.2) is 0 Å². The average molecular weight is 337 g/mol. The Morgan fingerprint density at radius 1 is 1.26 bits per heavy atom. The molecular weight excluding hydrogens is 310 g/mol. The zero-order valence-corrected chi connectivity index (χ0v) is 14.8. The largest absolute Gasteiger partial charge is 0.359 e. The molecule has 2 fully saturated rings. The van der Waals surface area contributed by atoms with Crippen LogP contribution in [-0.2, 0) is 11.2 Å². The number of aromatic nitrogens is 2. The summed E-state index contributed by atoms with van der Waals surface area (Å²) in [4.78, 5) is 21.3. The summed E-state index contributed by atoms with van der Waals surface area (Å²) >= 11 is 1.44. The minimum Gasteiger partial charge on any atom is -0.359 e. The van der Waals surface area contributed by atoms with Crippen LogP contribution in [-0.4, -0.2) is 64.3 Å². The normalized spacial score (nSPS) is 20.1. The summed E-state index contributed by atoms with van der Waals surface area (Å²) in [7, 11) is 0. The number of anilines is 1. The molecule has 1 aliphatic carbocycles. The number of hydrogen-bond acceptors (Lipinski definition) is 6. The first-order valence-electron chi connectivity index (χ1n) is 8.84. The quantitative estimate of drug-likeness (QED) is 0.858. The van der Waals surface area contributed by atoms with Crippen LogP contribution in [0.3, 0.4) is 0 Å². The van der Waals surface area contributed by atoms with E-state index in [1.807, 2.05) is 0 Å². The fourth-order valence-corrected chi connectivity index (χ4v) is 4.09. The summed E-state index contributed by atoms with van der Waals surface area (Å²) in [6.45, 7) is 7.68. The van der Waals surface area contributed by atoms with E-state index < -0.39 is 0 Å². The number of nitrogens with one attached hydrogen (secondary N) is 1. The summed E-state index contributed by atoms with van der Waals surface area (Å²) < 4.78 is 4.28. The Morgan fingerprint density at radius 3 is 2.65 bits per heavy atom. The summed E-state index contributed by atoms with van der Waals surface area (Å²) in [5.74, 6) is 1.63. The lowest BCUT2D eigenvalue weighted by atomic mass is 10.1. The molecule has 1 aliphatic heterocycles. The molecule has 6 nitrogen and oxygen atoms in total. The van der Waals surface area contributed by atoms with E-state index in [2.05, 4.69) is 31.4 Å². The number of hydrogen-bond donors (Lipinski definition) is 1. The molecule has 2 heterocycles. The van der Waals surface area contributed by atoms with E-state index in [0.717, 1.165) is 69.5 Å². The second-order valence-corrected chi connectivity index (χ2v) is 7.20. The van der Waals surface area contributed by atoms with Crippen LogP contribution in [0, 0.1) is 5.92 Å². The molecule has 0 radical (unpaired) electrons. The fraction of sp³-hybridized carbons (Fsp3) is 0.812. The molecule has 128 valence electrons. The molecule has 1 amide bonds. The summed E-state index contributed by atoms with van der Waals surface area (Å²) in [5.41, 5.74) is 0. The molecule has 1 saturated heterocycles. The molecule has 2 aliphatic rings. The molecule has 0 atom stereocenters. The van der Waals surface area contributed by atoms with Gasteiger partial charge in [-0.2, -0.15) is 4.37 Å². The van der Waals surface area contributed by atoms with Crippen LogP contribution >= 0.6 is 11.5 Å². The van der Waals surface area contributed by atoms with Gasteiger partial charge in [-0.15, -0.1) is 0 Å². The standard InChI is InChI=1S/C16H27N5OS/c1-2-14-18-16(23-19-14)17-7-8-20-9-11-21(12-10-20)15(22)13-5-3-4-6-13/h13H,2-12H2,1H3,(H,17,18,19). The van der Waals surface area contributed by atoms with Gasteiger partial charge in [0, 0.05) is 63.1 Å². The summed E-state index contributed by atoms with van der Waals surface area (Å²) in [6.07, 6.45) is 5.55. The average Bonchev–Trinajstić information content (AvgIpc) is 3.26. The number of piperazine rings is 1. The molecule has 1 aromatic rings. The zero-order chi connectivity index (χ0) is 16.1. The second kappa shape index (κ2) is 8.06. The lowest BCUT2D eigenvalue weighted by molar-refractivity contribution is -0.137. The van der Waals surface area contributed by atoms with Gasteiger partial charge in [0.1, 0.15) is 5.82 Å². The van der Waals surface area contributed by atoms with Crippen molar-refractivity contribution in [3.05, 3.63) is 5.82 Å². The lowest BCUT2D eigenvalue weighted by Crippen LogP contribution is -2.50. The minimum absolute atomic E-state index is 0.313. The first-order valence-corrected chi connectivity index (χ1v) is 9.61. The van der Waals surface area contributed by atoms with E-state index in [9.17, 15) is 4.79 Å². The fourth-order valence-electron chi connectivity index (χ4n) is 3.41. The molecular formula is C16H27N5OS. The molecule has 1 aromatic heterocycles. The molecule has 1 saturated carbocycles. The van der Waals surface area contributed by atoms with Crippen molar-refractivity contribution in [2.45, 2.75) is 39.0 Å². The summed E-state index contributed by atoms with van der Waals surface area (Å²) in [6, 6.07) is 0. The van der Waals surface area contributed by atoms with Gasteiger partial charge in [-0.1, -0.05) is 19.8 Å². The second-order valence-electron chi connectivity index (χ2n) is 6.44. The van der Waals surface area contributed by atoms with Gasteiger partial charge in [0.25, 0.3) is 0 Å². The van der Waals surface area contributed by atoms with Gasteiger partial charge in [-0.25, -0.2) is 4.98 Å². The smallest absolute Gasteiger partial charge is 0.225 e. The van der Waals surface area contributed by atoms with Crippen molar-refractivity contribution >= 4 is 22.6 Å². The van der Waals surface area contributed by atoms with Gasteiger partial charge in [0.05, 0.1) is 0 Å². The first-order chi connectivity index (χ1) is 11.3. The van der Waals surface area contributed by atoms with E-state index in [0.29, 0.717) is 11.8 Å². The number of carbonyl (C=O) groups excluding carboxylic acids is 1. The first kappa shape index (κ1) is 16.6. The maximum absolute atomic E-state index is 12.4. The molecule has 0 spiro atoms. The minimum atomic E-state index is 0.313. The highest BCUT2D eigenvalue weighted by Gasteiger charge is 2.29. The Hall–Kier alpha value is -1.21. The predicted molar refractivity (Wildman–Crippen MR) is 92.8 cm³/mol. The Balaban J connectivity index is 1.35. The Kier molecular flexibility index (Phi) is 5.83. The van der Waals surface area contributed by atoms with Gasteiger partial charge in [-0.05, 0) is 12.8 Å². The SMILES string of the molecule is CCc1nsc(NCCN2CCN(C(=O)C3CCCC3)CC2)n1. The van der Waals surface area contributed by atoms with Crippen LogP contribution in [0.4, 0.5) is 5.13 Å². The monoisotopic (exact) mass is 337 g/mol. The molecule has 1 N–H and O–H groups in total. The van der Waals surface area contributed by atoms with Crippen LogP contribution in [0.2, 0.25) is 0 Å². The van der Waals surface area contributed by atoms with Crippen molar-refractivity contribution in [1.82, 2.24) is 19.2 Å². The highest BCUT2D eigenvalue weighted by molar-refractivity contribution is 7.09. The maximum Gasteiger partial charge on any atom is 0.225 e. The third-order valence-electron chi connectivity index (χ3n) is 4.88. The van der Waals surface area contributed by atoms with Gasteiger partial charge >= 0.3 is 0 Å². The van der Waals surface area contributed by atoms with Crippen molar-refractivity contribution in [3.63, 3.8) is 0 Å². The molecule has 23 heavy (non-hydrogen) atoms. The van der Waals surface area contributed by atoms with Crippen LogP contribution in [0.5, 0.6) is 0 Å². The van der Waals surface area contributed by atoms with Gasteiger partial charge in [0.15, 0.2) is 0 Å². The predicted octanol–water partition coefficient (Wildman–Crippen LogP) is 1.85. The van der Waals surface area contributed by atoms with Gasteiger partial charge < -0.3 is 10.2 Å². The molecule has 0 aromatic carbocycles. The van der Waals surface area contributed by atoms with Crippen LogP contribution in [0.25, 0.3) is 0 Å². The highest BCUT2D eigenvalue weighted by Crippen LogP contribution is 2.26. The zero-order valence-electron chi connectivity index (χ0n) is 14.0. The highest BCUT2D eigenvalue weighted by atomic mass is 32.1. The van der Waals surface area contributed by atoms with E-state index in [4.69, 9.17) is 0 Å². The third kappa shape index (κ3) is 4.41. The van der Waals surface area contributed by atoms with Crippen molar-refractivity contribution < 1.29 is 4.79 Å². The molecule has 3 rings (SSSR count). The van der Waals surface area contributed by atoms with Crippen molar-refractivity contribution in [2.75, 3.05) is 44.6 Å². The van der Waals surface area contributed by atoms with Gasteiger partial charge in [-0.3, -0.25) is 9.69 Å². The van der Waals surface area contributed by atoms with Crippen LogP contribution < -0.4 is 5.32 Å². The van der Waals surface area contributed by atoms with E-state index in [-0.39, 0.29) is 0 Å². The maximum atomic E-state index is 12.4. The van der Waals surface area contributed by atoms with E-state index in [1.54, 1.807) is 0 Å². The Bertz CT molecular complexity index is 506. The van der Waals surface area contributed by atoms with E-state index >= 15 is 0 Å². The Morgan fingerprint density at radius 2 is 2.00 bits per heavy atom. The van der Waals surface area contributed by atoms with Crippen molar-refractivity contribution in [3.8, 4) is 0 Å². The number of aryl methyl sites for hydroxylation is 1. The summed E-state index contributed by atoms with van der Waals surface area (Å²) in [5, 5.41) is 4.26. The number of amides is 1. The van der Waals surface area contributed by atoms with Crippen molar-refractivity contribution in [1.29, 1.82) is 0 Å². The van der Waals surface area contributed by atoms with Crippen molar-refractivity contribution in [2.24, 2.45) is 5.92 Å². The molecule has 7 heteroatoms. The number of rotatable bonds is 6. The number of nitrogens with zero attached hydrogens (tertiary/aromatic N) is 4. The number of carbonyl (C=O) groups is 1. The molecule has 0 unspecified atom stereocenters. The van der Waals surface area contributed by atoms with Crippen LogP contribution in [0.1, 0.15) is 38.4 Å².